The van der Waals surface area contributed by atoms with Gasteiger partial charge >= 0.3 is 7.82 Å². The van der Waals surface area contributed by atoms with E-state index in [1.165, 1.54) is 51.4 Å². The monoisotopic (exact) mass is 468 g/mol. The topological polar surface area (TPSA) is 63.2 Å². The molecule has 0 bridgehead atoms. The van der Waals surface area contributed by atoms with E-state index in [9.17, 15) is 4.57 Å². The Morgan fingerprint density at radius 1 is 0.871 bits per heavy atom. The van der Waals surface area contributed by atoms with Crippen molar-refractivity contribution in [1.82, 2.24) is 0 Å². The van der Waals surface area contributed by atoms with Crippen LogP contribution in [-0.2, 0) is 27.9 Å². The summed E-state index contributed by atoms with van der Waals surface area (Å²) in [7, 11) is 3.88. The van der Waals surface area contributed by atoms with Crippen LogP contribution in [0.3, 0.4) is 0 Å². The van der Waals surface area contributed by atoms with Gasteiger partial charge in [-0.1, -0.05) is 71.6 Å². The van der Waals surface area contributed by atoms with Gasteiger partial charge in [0.2, 0.25) is 0 Å². The van der Waals surface area contributed by atoms with Gasteiger partial charge in [-0.25, -0.2) is 9.45 Å². The zero-order valence-corrected chi connectivity index (χ0v) is 22.3. The summed E-state index contributed by atoms with van der Waals surface area (Å²) in [5.41, 5.74) is 0. The second-order valence-electron chi connectivity index (χ2n) is 9.45. The van der Waals surface area contributed by atoms with Crippen molar-refractivity contribution >= 4 is 7.82 Å². The standard InChI is InChI=1S/C23H51NO6P/c1-8-10-11-12-13-14-15-16-17-18-23(9-2)29-30-31(25,28-21-22(3)26-7)27-20-19-24(4,5)6/h22-23H,8-21H2,1-7H3/q+1. The van der Waals surface area contributed by atoms with Crippen LogP contribution in [0.1, 0.15) is 91.4 Å². The van der Waals surface area contributed by atoms with Crippen molar-refractivity contribution in [2.75, 3.05) is 48.0 Å². The number of hydrogen-bond acceptors (Lipinski definition) is 6. The lowest BCUT2D eigenvalue weighted by atomic mass is 10.0. The molecule has 7 nitrogen and oxygen atoms in total. The molecular weight excluding hydrogens is 417 g/mol. The van der Waals surface area contributed by atoms with Crippen LogP contribution in [0.15, 0.2) is 0 Å². The molecule has 0 saturated carbocycles. The quantitative estimate of drug-likeness (QED) is 0.0593. The molecule has 0 aromatic carbocycles. The first-order valence-electron chi connectivity index (χ1n) is 12.2. The van der Waals surface area contributed by atoms with Gasteiger partial charge in [-0.15, -0.1) is 4.67 Å². The Bertz CT molecular complexity index is 458. The highest BCUT2D eigenvalue weighted by Gasteiger charge is 2.31. The number of hydrogen-bond donors (Lipinski definition) is 0. The number of methoxy groups -OCH3 is 1. The number of rotatable bonds is 22. The number of unbranched alkanes of at least 4 members (excludes halogenated alkanes) is 8. The summed E-state index contributed by atoms with van der Waals surface area (Å²) >= 11 is 0. The van der Waals surface area contributed by atoms with Crippen LogP contribution in [0.25, 0.3) is 0 Å². The van der Waals surface area contributed by atoms with E-state index in [1.807, 2.05) is 35.0 Å². The fourth-order valence-electron chi connectivity index (χ4n) is 2.89. The van der Waals surface area contributed by atoms with E-state index in [2.05, 4.69) is 6.92 Å². The number of likely N-dealkylation sites (N-methyl/N-ethyl adjacent to an activating group) is 1. The van der Waals surface area contributed by atoms with Crippen LogP contribution in [-0.4, -0.2) is 64.7 Å². The van der Waals surface area contributed by atoms with Crippen molar-refractivity contribution in [3.05, 3.63) is 0 Å². The second kappa shape index (κ2) is 18.4. The molecule has 0 heterocycles. The van der Waals surface area contributed by atoms with Crippen LogP contribution in [0.5, 0.6) is 0 Å². The molecule has 0 aromatic rings. The zero-order chi connectivity index (χ0) is 23.6. The highest BCUT2D eigenvalue weighted by atomic mass is 31.2. The first-order valence-corrected chi connectivity index (χ1v) is 13.7. The van der Waals surface area contributed by atoms with Gasteiger partial charge in [0.15, 0.2) is 0 Å². The lowest BCUT2D eigenvalue weighted by molar-refractivity contribution is -0.870. The van der Waals surface area contributed by atoms with Crippen LogP contribution in [0.4, 0.5) is 0 Å². The summed E-state index contributed by atoms with van der Waals surface area (Å²) in [6.45, 7) is 7.15. The van der Waals surface area contributed by atoms with E-state index in [0.717, 1.165) is 19.3 Å². The molecule has 0 aliphatic carbocycles. The molecule has 0 fully saturated rings. The molecule has 0 aliphatic heterocycles. The van der Waals surface area contributed by atoms with E-state index in [1.54, 1.807) is 7.11 Å². The van der Waals surface area contributed by atoms with Crippen LogP contribution >= 0.6 is 7.82 Å². The number of phosphoric ester groups is 1. The first-order chi connectivity index (χ1) is 14.7. The van der Waals surface area contributed by atoms with Crippen molar-refractivity contribution in [1.29, 1.82) is 0 Å². The predicted octanol–water partition coefficient (Wildman–Crippen LogP) is 6.52. The Kier molecular flexibility index (Phi) is 18.4. The number of ether oxygens (including phenoxy) is 1. The molecule has 0 aromatic heterocycles. The van der Waals surface area contributed by atoms with Gasteiger partial charge in [-0.05, 0) is 19.8 Å². The zero-order valence-electron chi connectivity index (χ0n) is 21.4. The highest BCUT2D eigenvalue weighted by molar-refractivity contribution is 7.48. The predicted molar refractivity (Wildman–Crippen MR) is 127 cm³/mol. The average Bonchev–Trinajstić information content (AvgIpc) is 2.72. The van der Waals surface area contributed by atoms with Gasteiger partial charge in [0.25, 0.3) is 0 Å². The van der Waals surface area contributed by atoms with Crippen LogP contribution in [0.2, 0.25) is 0 Å². The van der Waals surface area contributed by atoms with Crippen molar-refractivity contribution < 1.29 is 32.4 Å². The van der Waals surface area contributed by atoms with E-state index in [4.69, 9.17) is 23.3 Å². The molecule has 0 radical (unpaired) electrons. The number of quaternary nitrogens is 1. The molecule has 0 N–H and O–H groups in total. The molecule has 3 atom stereocenters. The van der Waals surface area contributed by atoms with Crippen molar-refractivity contribution in [2.45, 2.75) is 104 Å². The molecule has 8 heteroatoms. The minimum atomic E-state index is -3.82. The molecule has 0 saturated heterocycles. The molecule has 3 unspecified atom stereocenters. The second-order valence-corrected chi connectivity index (χ2v) is 11.0. The first kappa shape index (κ1) is 31.0. The molecule has 31 heavy (non-hydrogen) atoms. The molecule has 0 amide bonds. The molecule has 0 rings (SSSR count). The van der Waals surface area contributed by atoms with Gasteiger partial charge in [0, 0.05) is 7.11 Å². The maximum absolute atomic E-state index is 13.0. The molecule has 188 valence electrons. The highest BCUT2D eigenvalue weighted by Crippen LogP contribution is 2.50. The van der Waals surface area contributed by atoms with Gasteiger partial charge in [0.05, 0.1) is 40.0 Å². The van der Waals surface area contributed by atoms with Gasteiger partial charge in [-0.2, -0.15) is 0 Å². The van der Waals surface area contributed by atoms with E-state index in [-0.39, 0.29) is 25.4 Å². The SMILES string of the molecule is CCCCCCCCCCCC(CC)OOP(=O)(OCC[N+](C)(C)C)OCC(C)OC. The van der Waals surface area contributed by atoms with Gasteiger partial charge < -0.3 is 9.22 Å². The van der Waals surface area contributed by atoms with E-state index >= 15 is 0 Å². The third-order valence-corrected chi connectivity index (χ3v) is 6.47. The summed E-state index contributed by atoms with van der Waals surface area (Å²) in [6.07, 6.45) is 12.8. The number of phosphoric acid groups is 1. The lowest BCUT2D eigenvalue weighted by Gasteiger charge is -2.25. The lowest BCUT2D eigenvalue weighted by Crippen LogP contribution is -2.37. The normalized spacial score (nSPS) is 16.2. The fraction of sp³-hybridized carbons (Fsp3) is 1.00. The van der Waals surface area contributed by atoms with Crippen molar-refractivity contribution in [2.24, 2.45) is 0 Å². The smallest absolute Gasteiger partial charge is 0.379 e. The Morgan fingerprint density at radius 2 is 1.45 bits per heavy atom. The third-order valence-electron chi connectivity index (χ3n) is 5.24. The van der Waals surface area contributed by atoms with Gasteiger partial charge in [-0.3, -0.25) is 9.05 Å². The van der Waals surface area contributed by atoms with Crippen LogP contribution in [0, 0.1) is 0 Å². The summed E-state index contributed by atoms with van der Waals surface area (Å²) in [5, 5.41) is 0. The van der Waals surface area contributed by atoms with Crippen LogP contribution < -0.4 is 0 Å². The average molecular weight is 469 g/mol. The van der Waals surface area contributed by atoms with Crippen molar-refractivity contribution in [3.8, 4) is 0 Å². The fourth-order valence-corrected chi connectivity index (χ4v) is 3.97. The Hall–Kier alpha value is -0.0100. The Labute approximate surface area is 192 Å². The summed E-state index contributed by atoms with van der Waals surface area (Å²) in [5.74, 6) is 0. The maximum atomic E-state index is 13.0. The van der Waals surface area contributed by atoms with E-state index < -0.39 is 7.82 Å². The Morgan fingerprint density at radius 3 is 1.97 bits per heavy atom. The largest absolute Gasteiger partial charge is 0.502 e. The van der Waals surface area contributed by atoms with E-state index in [0.29, 0.717) is 11.0 Å². The van der Waals surface area contributed by atoms with Gasteiger partial charge in [0.1, 0.15) is 13.2 Å². The minimum Gasteiger partial charge on any atom is -0.379 e. The summed E-state index contributed by atoms with van der Waals surface area (Å²) < 4.78 is 35.1. The maximum Gasteiger partial charge on any atom is 0.502 e. The minimum absolute atomic E-state index is 0.108. The Balaban J connectivity index is 4.32. The molecule has 0 spiro atoms. The summed E-state index contributed by atoms with van der Waals surface area (Å²) in [4.78, 5) is 5.52. The number of nitrogens with zero attached hydrogens (tertiary/aromatic N) is 1. The molecule has 0 aliphatic rings. The molecular formula is C23H51NO6P+. The third kappa shape index (κ3) is 19.2. The van der Waals surface area contributed by atoms with Crippen molar-refractivity contribution in [3.63, 3.8) is 0 Å². The summed E-state index contributed by atoms with van der Waals surface area (Å²) in [6, 6.07) is 0.